The van der Waals surface area contributed by atoms with Crippen LogP contribution in [0.4, 0.5) is 5.82 Å². The van der Waals surface area contributed by atoms with Crippen LogP contribution in [0.3, 0.4) is 0 Å². The third-order valence-corrected chi connectivity index (χ3v) is 6.95. The Hall–Kier alpha value is -3.19. The number of H-pyrrole nitrogens is 1. The van der Waals surface area contributed by atoms with Crippen LogP contribution in [-0.2, 0) is 11.3 Å². The number of hydrogen-bond donors (Lipinski definition) is 2. The number of carbonyl (C=O) groups excluding carboxylic acids is 1. The first-order valence-electron chi connectivity index (χ1n) is 10.3. The zero-order valence-corrected chi connectivity index (χ0v) is 18.2. The summed E-state index contributed by atoms with van der Waals surface area (Å²) >= 11 is 1.52. The number of carbonyl (C=O) groups is 1. The molecule has 1 aliphatic heterocycles. The number of nitrogens with one attached hydrogen (secondary N) is 2. The smallest absolute Gasteiger partial charge is 0.330 e. The molecule has 1 aromatic carbocycles. The maximum atomic E-state index is 13.2. The Morgan fingerprint density at radius 2 is 1.84 bits per heavy atom. The second-order valence-corrected chi connectivity index (χ2v) is 9.98. The number of hydrogen-bond acceptors (Lipinski definition) is 5. The Balaban J connectivity index is 1.76. The lowest BCUT2D eigenvalue weighted by atomic mass is 9.70. The molecule has 5 rings (SSSR count). The molecular formula is C24H23N3O3S. The number of Topliss-reactive ketones (excluding diaryl/α,β-unsaturated/α-hetero) is 1. The number of rotatable bonds is 3. The minimum Gasteiger partial charge on any atom is -0.344 e. The Morgan fingerprint density at radius 1 is 1.06 bits per heavy atom. The lowest BCUT2D eigenvalue weighted by Gasteiger charge is -2.39. The molecule has 0 bridgehead atoms. The van der Waals surface area contributed by atoms with E-state index in [-0.39, 0.29) is 11.2 Å². The Kier molecular flexibility index (Phi) is 4.59. The van der Waals surface area contributed by atoms with Gasteiger partial charge in [-0.05, 0) is 28.8 Å². The normalized spacial score (nSPS) is 19.5. The third-order valence-electron chi connectivity index (χ3n) is 6.01. The van der Waals surface area contributed by atoms with Crippen molar-refractivity contribution in [3.8, 4) is 0 Å². The van der Waals surface area contributed by atoms with Gasteiger partial charge in [-0.25, -0.2) is 4.79 Å². The maximum Gasteiger partial charge on any atom is 0.330 e. The predicted molar refractivity (Wildman–Crippen MR) is 122 cm³/mol. The molecule has 0 radical (unpaired) electrons. The van der Waals surface area contributed by atoms with Gasteiger partial charge in [0, 0.05) is 22.6 Å². The summed E-state index contributed by atoms with van der Waals surface area (Å²) in [6.07, 6.45) is 1.12. The predicted octanol–water partition coefficient (Wildman–Crippen LogP) is 3.85. The van der Waals surface area contributed by atoms with Crippen LogP contribution in [0.15, 0.2) is 68.7 Å². The first kappa shape index (κ1) is 19.8. The minimum absolute atomic E-state index is 0.0583. The van der Waals surface area contributed by atoms with Crippen LogP contribution in [0.1, 0.15) is 48.6 Å². The van der Waals surface area contributed by atoms with Crippen LogP contribution >= 0.6 is 11.3 Å². The molecule has 0 fully saturated rings. The van der Waals surface area contributed by atoms with Crippen LogP contribution in [0.25, 0.3) is 0 Å². The van der Waals surface area contributed by atoms with Crippen LogP contribution in [0.2, 0.25) is 0 Å². The van der Waals surface area contributed by atoms with Gasteiger partial charge in [0.15, 0.2) is 5.78 Å². The first-order valence-corrected chi connectivity index (χ1v) is 11.2. The molecule has 3 aromatic rings. The number of ketones is 1. The molecule has 6 nitrogen and oxygen atoms in total. The maximum absolute atomic E-state index is 13.2. The van der Waals surface area contributed by atoms with Crippen molar-refractivity contribution in [2.24, 2.45) is 5.41 Å². The minimum atomic E-state index is -0.471. The van der Waals surface area contributed by atoms with E-state index in [1.807, 2.05) is 47.8 Å². The number of allylic oxidation sites excluding steroid dienone is 2. The van der Waals surface area contributed by atoms with Crippen LogP contribution < -0.4 is 16.6 Å². The number of anilines is 1. The van der Waals surface area contributed by atoms with E-state index < -0.39 is 17.2 Å². The molecular weight excluding hydrogens is 410 g/mol. The van der Waals surface area contributed by atoms with E-state index in [0.29, 0.717) is 36.3 Å². The molecule has 158 valence electrons. The van der Waals surface area contributed by atoms with Gasteiger partial charge in [0.2, 0.25) is 0 Å². The summed E-state index contributed by atoms with van der Waals surface area (Å²) in [5.74, 6) is 0.0736. The van der Waals surface area contributed by atoms with Gasteiger partial charge in [-0.3, -0.25) is 19.1 Å². The van der Waals surface area contributed by atoms with Crippen molar-refractivity contribution < 1.29 is 4.79 Å². The fourth-order valence-electron chi connectivity index (χ4n) is 4.71. The molecule has 1 unspecified atom stereocenters. The number of thiophene rings is 1. The quantitative estimate of drug-likeness (QED) is 0.657. The molecule has 3 heterocycles. The van der Waals surface area contributed by atoms with Gasteiger partial charge in [-0.1, -0.05) is 50.2 Å². The van der Waals surface area contributed by atoms with E-state index in [0.717, 1.165) is 16.1 Å². The topological polar surface area (TPSA) is 84.0 Å². The first-order chi connectivity index (χ1) is 14.8. The SMILES string of the molecule is CC1(C)CC(=O)C2=C(C1)Nc1c(c(=O)[nH]c(=O)n1Cc1ccccc1)C2c1cccs1. The zero-order valence-electron chi connectivity index (χ0n) is 17.4. The molecule has 1 atom stereocenters. The molecule has 0 amide bonds. The third kappa shape index (κ3) is 3.39. The van der Waals surface area contributed by atoms with Crippen molar-refractivity contribution in [2.75, 3.05) is 5.32 Å². The highest BCUT2D eigenvalue weighted by Crippen LogP contribution is 2.48. The van der Waals surface area contributed by atoms with E-state index in [4.69, 9.17) is 0 Å². The molecule has 7 heteroatoms. The average molecular weight is 434 g/mol. The van der Waals surface area contributed by atoms with E-state index in [1.165, 1.54) is 11.3 Å². The summed E-state index contributed by atoms with van der Waals surface area (Å²) < 4.78 is 1.57. The molecule has 0 saturated heterocycles. The summed E-state index contributed by atoms with van der Waals surface area (Å²) in [5.41, 5.74) is 1.77. The van der Waals surface area contributed by atoms with Crippen molar-refractivity contribution in [2.45, 2.75) is 39.2 Å². The molecule has 31 heavy (non-hydrogen) atoms. The summed E-state index contributed by atoms with van der Waals surface area (Å²) in [5, 5.41) is 5.30. The van der Waals surface area contributed by atoms with Gasteiger partial charge in [0.05, 0.1) is 18.0 Å². The average Bonchev–Trinajstić information content (AvgIpc) is 3.24. The summed E-state index contributed by atoms with van der Waals surface area (Å²) in [4.78, 5) is 42.6. The van der Waals surface area contributed by atoms with Crippen LogP contribution in [0.5, 0.6) is 0 Å². The Bertz CT molecular complexity index is 1310. The van der Waals surface area contributed by atoms with Crippen LogP contribution in [0, 0.1) is 5.41 Å². The largest absolute Gasteiger partial charge is 0.344 e. The van der Waals surface area contributed by atoms with Gasteiger partial charge < -0.3 is 5.32 Å². The van der Waals surface area contributed by atoms with Gasteiger partial charge in [-0.2, -0.15) is 0 Å². The standard InChI is InChI=1S/C24H23N3O3S/c1-24(2)11-15-18(16(28)12-24)19(17-9-6-10-31-17)20-21(25-15)27(23(30)26-22(20)29)13-14-7-4-3-5-8-14/h3-10,19,25H,11-13H2,1-2H3,(H,26,29,30). The summed E-state index contributed by atoms with van der Waals surface area (Å²) in [6, 6.07) is 13.5. The van der Waals surface area contributed by atoms with Gasteiger partial charge in [0.25, 0.3) is 5.56 Å². The van der Waals surface area contributed by atoms with Gasteiger partial charge in [-0.15, -0.1) is 11.3 Å². The van der Waals surface area contributed by atoms with Crippen molar-refractivity contribution in [1.29, 1.82) is 0 Å². The van der Waals surface area contributed by atoms with Crippen molar-refractivity contribution in [1.82, 2.24) is 9.55 Å². The monoisotopic (exact) mass is 433 g/mol. The second kappa shape index (κ2) is 7.20. The number of aromatic nitrogens is 2. The van der Waals surface area contributed by atoms with E-state index in [1.54, 1.807) is 4.57 Å². The molecule has 0 saturated carbocycles. The van der Waals surface area contributed by atoms with Gasteiger partial charge in [0.1, 0.15) is 5.82 Å². The van der Waals surface area contributed by atoms with E-state index >= 15 is 0 Å². The Labute approximate surface area is 183 Å². The molecule has 2 N–H and O–H groups in total. The number of aromatic amines is 1. The number of fused-ring (bicyclic) bond motifs is 1. The van der Waals surface area contributed by atoms with Crippen molar-refractivity contribution >= 4 is 22.9 Å². The lowest BCUT2D eigenvalue weighted by molar-refractivity contribution is -0.118. The molecule has 2 aromatic heterocycles. The lowest BCUT2D eigenvalue weighted by Crippen LogP contribution is -2.41. The highest BCUT2D eigenvalue weighted by molar-refractivity contribution is 7.10. The number of benzene rings is 1. The second-order valence-electron chi connectivity index (χ2n) is 9.00. The zero-order chi connectivity index (χ0) is 21.8. The van der Waals surface area contributed by atoms with E-state index in [2.05, 4.69) is 24.1 Å². The van der Waals surface area contributed by atoms with Crippen molar-refractivity contribution in [3.63, 3.8) is 0 Å². The summed E-state index contributed by atoms with van der Waals surface area (Å²) in [7, 11) is 0. The Morgan fingerprint density at radius 3 is 2.55 bits per heavy atom. The summed E-state index contributed by atoms with van der Waals surface area (Å²) in [6.45, 7) is 4.46. The van der Waals surface area contributed by atoms with Gasteiger partial charge >= 0.3 is 5.69 Å². The van der Waals surface area contributed by atoms with E-state index in [9.17, 15) is 14.4 Å². The fourth-order valence-corrected chi connectivity index (χ4v) is 5.56. The molecule has 0 spiro atoms. The molecule has 2 aliphatic rings. The van der Waals surface area contributed by atoms with Crippen LogP contribution in [-0.4, -0.2) is 15.3 Å². The fraction of sp³-hybridized carbons (Fsp3) is 0.292. The van der Waals surface area contributed by atoms with Crippen molar-refractivity contribution in [3.05, 3.63) is 96.0 Å². The molecule has 1 aliphatic carbocycles. The highest BCUT2D eigenvalue weighted by atomic mass is 32.1. The highest BCUT2D eigenvalue weighted by Gasteiger charge is 2.43. The number of nitrogens with zero attached hydrogens (tertiary/aromatic N) is 1.